The molecule has 1 aliphatic heterocycles. The maximum atomic E-state index is 13.2. The number of carbonyl (C=O) groups excluding carboxylic acids is 1. The molecular formula is C21H25N7O. The first-order valence-electron chi connectivity index (χ1n) is 9.87. The number of hydrogen-bond acceptors (Lipinski definition) is 6. The highest BCUT2D eigenvalue weighted by atomic mass is 16.2. The molecule has 3 N–H and O–H groups in total. The number of tetrazole rings is 1. The van der Waals surface area contributed by atoms with Crippen LogP contribution in [0.5, 0.6) is 0 Å². The minimum atomic E-state index is -0.426. The van der Waals surface area contributed by atoms with Gasteiger partial charge in [-0.3, -0.25) is 4.79 Å². The minimum absolute atomic E-state index is 0.0176. The Hall–Kier alpha value is -3.26. The summed E-state index contributed by atoms with van der Waals surface area (Å²) in [5.74, 6) is 0.607. The van der Waals surface area contributed by atoms with E-state index in [-0.39, 0.29) is 17.9 Å². The lowest BCUT2D eigenvalue weighted by Crippen LogP contribution is -2.43. The molecular weight excluding hydrogens is 366 g/mol. The number of aromatic nitrogens is 4. The Labute approximate surface area is 169 Å². The summed E-state index contributed by atoms with van der Waals surface area (Å²) < 4.78 is 1.60. The van der Waals surface area contributed by atoms with Gasteiger partial charge in [0.05, 0.1) is 5.69 Å². The highest BCUT2D eigenvalue weighted by Gasteiger charge is 2.36. The quantitative estimate of drug-likeness (QED) is 0.664. The zero-order valence-corrected chi connectivity index (χ0v) is 16.3. The molecule has 8 nitrogen and oxygen atoms in total. The van der Waals surface area contributed by atoms with Crippen molar-refractivity contribution in [2.45, 2.75) is 31.3 Å². The number of nitrogens with two attached hydrogens (primary N) is 1. The third-order valence-corrected chi connectivity index (χ3v) is 5.38. The van der Waals surface area contributed by atoms with E-state index in [0.717, 1.165) is 5.69 Å². The van der Waals surface area contributed by atoms with Gasteiger partial charge in [0.15, 0.2) is 0 Å². The second kappa shape index (κ2) is 8.40. The molecule has 8 heteroatoms. The standard InChI is InChI=1S/C21H25N7O/c1-2-19(23-21-24-25-26-28(21)16-11-7-4-8-12-16)20(29)27-13-17(18(22)14-27)15-9-5-3-6-10-15/h3-12,17-19H,2,13-14,22H2,1H3,(H,23,24,26)/t17-,18+,19?/m0/s1. The van der Waals surface area contributed by atoms with Crippen LogP contribution in [0.1, 0.15) is 24.8 Å². The molecule has 0 spiro atoms. The van der Waals surface area contributed by atoms with Gasteiger partial charge in [0.25, 0.3) is 0 Å². The number of nitrogens with zero attached hydrogens (tertiary/aromatic N) is 5. The van der Waals surface area contributed by atoms with Gasteiger partial charge in [0.1, 0.15) is 6.04 Å². The van der Waals surface area contributed by atoms with Crippen molar-refractivity contribution in [1.29, 1.82) is 0 Å². The van der Waals surface area contributed by atoms with Crippen LogP contribution in [0.25, 0.3) is 5.69 Å². The van der Waals surface area contributed by atoms with Crippen LogP contribution >= 0.6 is 0 Å². The average Bonchev–Trinajstić information content (AvgIpc) is 3.39. The van der Waals surface area contributed by atoms with E-state index < -0.39 is 6.04 Å². The van der Waals surface area contributed by atoms with E-state index in [1.807, 2.05) is 60.4 Å². The summed E-state index contributed by atoms with van der Waals surface area (Å²) in [7, 11) is 0. The molecule has 1 saturated heterocycles. The van der Waals surface area contributed by atoms with Crippen LogP contribution in [-0.2, 0) is 4.79 Å². The van der Waals surface area contributed by atoms with Crippen molar-refractivity contribution < 1.29 is 4.79 Å². The molecule has 29 heavy (non-hydrogen) atoms. The molecule has 0 saturated carbocycles. The third-order valence-electron chi connectivity index (χ3n) is 5.38. The van der Waals surface area contributed by atoms with E-state index in [0.29, 0.717) is 25.5 Å². The van der Waals surface area contributed by atoms with Crippen molar-refractivity contribution in [2.24, 2.45) is 5.73 Å². The lowest BCUT2D eigenvalue weighted by molar-refractivity contribution is -0.131. The normalized spacial score (nSPS) is 19.9. The van der Waals surface area contributed by atoms with Crippen molar-refractivity contribution in [1.82, 2.24) is 25.1 Å². The van der Waals surface area contributed by atoms with E-state index in [2.05, 4.69) is 33.0 Å². The fourth-order valence-electron chi connectivity index (χ4n) is 3.80. The lowest BCUT2D eigenvalue weighted by atomic mass is 9.95. The topological polar surface area (TPSA) is 102 Å². The molecule has 1 amide bonds. The van der Waals surface area contributed by atoms with E-state index in [1.165, 1.54) is 5.56 Å². The molecule has 3 aromatic rings. The Morgan fingerprint density at radius 3 is 2.52 bits per heavy atom. The molecule has 1 unspecified atom stereocenters. The second-order valence-corrected chi connectivity index (χ2v) is 7.28. The summed E-state index contributed by atoms with van der Waals surface area (Å²) in [6.45, 7) is 3.13. The SMILES string of the molecule is CCC(Nc1nnnn1-c1ccccc1)C(=O)N1C[C@@H](N)[C@H](c2ccccc2)C1. The number of benzene rings is 2. The fourth-order valence-corrected chi connectivity index (χ4v) is 3.80. The maximum Gasteiger partial charge on any atom is 0.248 e. The molecule has 2 heterocycles. The first-order chi connectivity index (χ1) is 14.2. The monoisotopic (exact) mass is 391 g/mol. The lowest BCUT2D eigenvalue weighted by Gasteiger charge is -2.23. The number of hydrogen-bond donors (Lipinski definition) is 2. The van der Waals surface area contributed by atoms with Gasteiger partial charge in [-0.2, -0.15) is 4.68 Å². The number of anilines is 1. The number of rotatable bonds is 6. The van der Waals surface area contributed by atoms with Gasteiger partial charge >= 0.3 is 0 Å². The summed E-state index contributed by atoms with van der Waals surface area (Å²) in [6.07, 6.45) is 0.613. The highest BCUT2D eigenvalue weighted by molar-refractivity contribution is 5.84. The highest BCUT2D eigenvalue weighted by Crippen LogP contribution is 2.27. The Morgan fingerprint density at radius 2 is 1.83 bits per heavy atom. The van der Waals surface area contributed by atoms with Gasteiger partial charge in [-0.25, -0.2) is 0 Å². The molecule has 0 radical (unpaired) electrons. The molecule has 0 bridgehead atoms. The van der Waals surface area contributed by atoms with Crippen LogP contribution in [0.3, 0.4) is 0 Å². The van der Waals surface area contributed by atoms with Gasteiger partial charge in [0, 0.05) is 25.0 Å². The van der Waals surface area contributed by atoms with Gasteiger partial charge in [-0.05, 0) is 34.5 Å². The third kappa shape index (κ3) is 3.97. The predicted octanol–water partition coefficient (Wildman–Crippen LogP) is 1.81. The van der Waals surface area contributed by atoms with Crippen molar-refractivity contribution in [3.05, 3.63) is 66.2 Å². The minimum Gasteiger partial charge on any atom is -0.341 e. The van der Waals surface area contributed by atoms with E-state index >= 15 is 0 Å². The molecule has 150 valence electrons. The summed E-state index contributed by atoms with van der Waals surface area (Å²) in [5.41, 5.74) is 8.37. The molecule has 4 rings (SSSR count). The van der Waals surface area contributed by atoms with Crippen molar-refractivity contribution in [2.75, 3.05) is 18.4 Å². The van der Waals surface area contributed by atoms with Gasteiger partial charge in [-0.1, -0.05) is 60.6 Å². The van der Waals surface area contributed by atoms with E-state index in [4.69, 9.17) is 5.73 Å². The summed E-state index contributed by atoms with van der Waals surface area (Å²) in [6, 6.07) is 19.2. The maximum absolute atomic E-state index is 13.2. The van der Waals surface area contributed by atoms with Crippen molar-refractivity contribution in [3.8, 4) is 5.69 Å². The summed E-state index contributed by atoms with van der Waals surface area (Å²) in [4.78, 5) is 15.1. The average molecular weight is 391 g/mol. The summed E-state index contributed by atoms with van der Waals surface area (Å²) >= 11 is 0. The van der Waals surface area contributed by atoms with Crippen molar-refractivity contribution in [3.63, 3.8) is 0 Å². The number of para-hydroxylation sites is 1. The number of carbonyl (C=O) groups is 1. The second-order valence-electron chi connectivity index (χ2n) is 7.28. The molecule has 3 atom stereocenters. The largest absolute Gasteiger partial charge is 0.341 e. The smallest absolute Gasteiger partial charge is 0.248 e. The van der Waals surface area contributed by atoms with Gasteiger partial charge in [0.2, 0.25) is 11.9 Å². The van der Waals surface area contributed by atoms with Gasteiger partial charge in [-0.15, -0.1) is 0 Å². The number of amides is 1. The van der Waals surface area contributed by atoms with Crippen molar-refractivity contribution >= 4 is 11.9 Å². The summed E-state index contributed by atoms with van der Waals surface area (Å²) in [5, 5.41) is 15.1. The zero-order valence-electron chi connectivity index (χ0n) is 16.3. The molecule has 0 aliphatic carbocycles. The van der Waals surface area contributed by atoms with Crippen LogP contribution in [0.15, 0.2) is 60.7 Å². The zero-order chi connectivity index (χ0) is 20.2. The first kappa shape index (κ1) is 19.1. The van der Waals surface area contributed by atoms with E-state index in [1.54, 1.807) is 4.68 Å². The molecule has 1 fully saturated rings. The van der Waals surface area contributed by atoms with Crippen LogP contribution in [0.4, 0.5) is 5.95 Å². The van der Waals surface area contributed by atoms with E-state index in [9.17, 15) is 4.79 Å². The Morgan fingerprint density at radius 1 is 1.14 bits per heavy atom. The Balaban J connectivity index is 1.48. The number of likely N-dealkylation sites (tertiary alicyclic amines) is 1. The Bertz CT molecular complexity index is 944. The first-order valence-corrected chi connectivity index (χ1v) is 9.87. The molecule has 1 aromatic heterocycles. The predicted molar refractivity (Wildman–Crippen MR) is 111 cm³/mol. The van der Waals surface area contributed by atoms with Crippen LogP contribution < -0.4 is 11.1 Å². The van der Waals surface area contributed by atoms with Crippen LogP contribution in [0, 0.1) is 0 Å². The van der Waals surface area contributed by atoms with Gasteiger partial charge < -0.3 is 16.0 Å². The van der Waals surface area contributed by atoms with Crippen LogP contribution in [-0.4, -0.2) is 56.2 Å². The van der Waals surface area contributed by atoms with Crippen LogP contribution in [0.2, 0.25) is 0 Å². The fraction of sp³-hybridized carbons (Fsp3) is 0.333. The Kier molecular flexibility index (Phi) is 5.53. The molecule has 1 aliphatic rings. The number of nitrogens with one attached hydrogen (secondary N) is 1. The molecule has 2 aromatic carbocycles.